The van der Waals surface area contributed by atoms with Gasteiger partial charge in [0.25, 0.3) is 15.9 Å². The Kier molecular flexibility index (Phi) is 4.86. The van der Waals surface area contributed by atoms with E-state index >= 15 is 0 Å². The Morgan fingerprint density at radius 3 is 2.54 bits per heavy atom. The summed E-state index contributed by atoms with van der Waals surface area (Å²) in [7, 11) is -3.68. The number of thiophene rings is 1. The summed E-state index contributed by atoms with van der Waals surface area (Å²) >= 11 is 7.92. The minimum Gasteiger partial charge on any atom is -0.321 e. The summed E-state index contributed by atoms with van der Waals surface area (Å²) in [5.41, 5.74) is 0.692. The van der Waals surface area contributed by atoms with Crippen LogP contribution in [0, 0.1) is 0 Å². The number of carbonyl (C=O) groups excluding carboxylic acids is 1. The Morgan fingerprint density at radius 1 is 1.12 bits per heavy atom. The van der Waals surface area contributed by atoms with Crippen molar-refractivity contribution in [2.75, 3.05) is 10.0 Å². The molecule has 2 heterocycles. The van der Waals surface area contributed by atoms with Crippen LogP contribution in [0.3, 0.4) is 0 Å². The third kappa shape index (κ3) is 3.93. The predicted octanol–water partition coefficient (Wildman–Crippen LogP) is 3.91. The zero-order valence-corrected chi connectivity index (χ0v) is 15.1. The quantitative estimate of drug-likeness (QED) is 0.680. The standard InChI is InChI=1S/C14H10ClN3O3S3/c15-9-3-5-10(6-4-9)16-13(19)11-8-23-14(17-11)18-24(20,21)12-2-1-7-22-12/h1-8H,(H,16,19)(H,17,18). The molecular weight excluding hydrogens is 390 g/mol. The van der Waals surface area contributed by atoms with Crippen LogP contribution in [-0.4, -0.2) is 19.3 Å². The monoisotopic (exact) mass is 399 g/mol. The number of aromatic nitrogens is 1. The molecule has 1 aromatic carbocycles. The Morgan fingerprint density at radius 2 is 1.88 bits per heavy atom. The molecule has 2 N–H and O–H groups in total. The first-order valence-corrected chi connectivity index (χ1v) is 10.1. The number of nitrogens with one attached hydrogen (secondary N) is 2. The van der Waals surface area contributed by atoms with Crippen LogP contribution in [-0.2, 0) is 10.0 Å². The van der Waals surface area contributed by atoms with Crippen molar-refractivity contribution in [3.8, 4) is 0 Å². The van der Waals surface area contributed by atoms with Crippen LogP contribution in [0.5, 0.6) is 0 Å². The molecule has 0 aliphatic heterocycles. The molecule has 0 unspecified atom stereocenters. The van der Waals surface area contributed by atoms with E-state index in [2.05, 4.69) is 15.0 Å². The van der Waals surface area contributed by atoms with E-state index < -0.39 is 15.9 Å². The van der Waals surface area contributed by atoms with Crippen molar-refractivity contribution >= 4 is 61.0 Å². The Labute approximate surface area is 151 Å². The van der Waals surface area contributed by atoms with Gasteiger partial charge < -0.3 is 5.32 Å². The lowest BCUT2D eigenvalue weighted by atomic mass is 10.3. The highest BCUT2D eigenvalue weighted by Crippen LogP contribution is 2.23. The van der Waals surface area contributed by atoms with Gasteiger partial charge >= 0.3 is 0 Å². The maximum absolute atomic E-state index is 12.1. The number of halogens is 1. The summed E-state index contributed by atoms with van der Waals surface area (Å²) in [6, 6.07) is 9.76. The molecule has 0 spiro atoms. The first-order chi connectivity index (χ1) is 11.4. The molecule has 124 valence electrons. The minimum atomic E-state index is -3.68. The van der Waals surface area contributed by atoms with E-state index in [-0.39, 0.29) is 15.0 Å². The number of anilines is 2. The molecule has 0 radical (unpaired) electrons. The Hall–Kier alpha value is -1.94. The fourth-order valence-corrected chi connectivity index (χ4v) is 4.80. The van der Waals surface area contributed by atoms with Gasteiger partial charge in [0.05, 0.1) is 0 Å². The van der Waals surface area contributed by atoms with Crippen LogP contribution in [0.4, 0.5) is 10.8 Å². The highest BCUT2D eigenvalue weighted by atomic mass is 35.5. The predicted molar refractivity (Wildman–Crippen MR) is 96.6 cm³/mol. The van der Waals surface area contributed by atoms with Crippen LogP contribution in [0.15, 0.2) is 51.4 Å². The van der Waals surface area contributed by atoms with E-state index in [9.17, 15) is 13.2 Å². The topological polar surface area (TPSA) is 88.2 Å². The smallest absolute Gasteiger partial charge is 0.275 e. The normalized spacial score (nSPS) is 11.2. The second kappa shape index (κ2) is 6.89. The molecule has 3 aromatic rings. The fourth-order valence-electron chi connectivity index (χ4n) is 1.73. The summed E-state index contributed by atoms with van der Waals surface area (Å²) in [6.07, 6.45) is 0. The molecule has 3 rings (SSSR count). The third-order valence-electron chi connectivity index (χ3n) is 2.82. The van der Waals surface area contributed by atoms with Gasteiger partial charge in [-0.15, -0.1) is 22.7 Å². The fraction of sp³-hybridized carbons (Fsp3) is 0. The number of benzene rings is 1. The van der Waals surface area contributed by atoms with Crippen molar-refractivity contribution in [3.63, 3.8) is 0 Å². The number of nitrogens with zero attached hydrogens (tertiary/aromatic N) is 1. The van der Waals surface area contributed by atoms with Crippen molar-refractivity contribution in [2.24, 2.45) is 0 Å². The number of thiazole rings is 1. The van der Waals surface area contributed by atoms with Crippen LogP contribution in [0.1, 0.15) is 10.5 Å². The van der Waals surface area contributed by atoms with Gasteiger partial charge in [0.2, 0.25) is 0 Å². The Balaban J connectivity index is 1.71. The van der Waals surface area contributed by atoms with Gasteiger partial charge in [-0.1, -0.05) is 17.7 Å². The van der Waals surface area contributed by atoms with Gasteiger partial charge in [0, 0.05) is 16.1 Å². The molecule has 0 bridgehead atoms. The van der Waals surface area contributed by atoms with Gasteiger partial charge in [0.15, 0.2) is 5.13 Å². The van der Waals surface area contributed by atoms with Crippen LogP contribution in [0.25, 0.3) is 0 Å². The molecule has 0 atom stereocenters. The lowest BCUT2D eigenvalue weighted by Crippen LogP contribution is -2.14. The maximum atomic E-state index is 12.1. The lowest BCUT2D eigenvalue weighted by Gasteiger charge is -2.03. The first kappa shape index (κ1) is 16.9. The van der Waals surface area contributed by atoms with Crippen molar-refractivity contribution < 1.29 is 13.2 Å². The number of sulfonamides is 1. The average Bonchev–Trinajstić information content (AvgIpc) is 3.20. The van der Waals surface area contributed by atoms with Crippen molar-refractivity contribution in [3.05, 3.63) is 57.9 Å². The summed E-state index contributed by atoms with van der Waals surface area (Å²) in [5, 5.41) is 6.50. The van der Waals surface area contributed by atoms with Crippen LogP contribution >= 0.6 is 34.3 Å². The number of hydrogen-bond donors (Lipinski definition) is 2. The van der Waals surface area contributed by atoms with Crippen molar-refractivity contribution in [1.82, 2.24) is 4.98 Å². The van der Waals surface area contributed by atoms with Gasteiger partial charge in [-0.25, -0.2) is 13.4 Å². The lowest BCUT2D eigenvalue weighted by molar-refractivity contribution is 0.102. The van der Waals surface area contributed by atoms with Gasteiger partial charge in [-0.3, -0.25) is 9.52 Å². The Bertz CT molecular complexity index is 951. The molecular formula is C14H10ClN3O3S3. The average molecular weight is 400 g/mol. The largest absolute Gasteiger partial charge is 0.321 e. The van der Waals surface area contributed by atoms with E-state index in [0.29, 0.717) is 10.7 Å². The summed E-state index contributed by atoms with van der Waals surface area (Å²) < 4.78 is 26.8. The highest BCUT2D eigenvalue weighted by molar-refractivity contribution is 7.94. The highest BCUT2D eigenvalue weighted by Gasteiger charge is 2.18. The second-order valence-electron chi connectivity index (χ2n) is 4.54. The van der Waals surface area contributed by atoms with Gasteiger partial charge in [-0.2, -0.15) is 0 Å². The zero-order chi connectivity index (χ0) is 17.2. The molecule has 0 aliphatic carbocycles. The molecule has 6 nitrogen and oxygen atoms in total. The molecule has 0 fully saturated rings. The molecule has 10 heteroatoms. The summed E-state index contributed by atoms with van der Waals surface area (Å²) in [6.45, 7) is 0. The summed E-state index contributed by atoms with van der Waals surface area (Å²) in [5.74, 6) is -0.435. The minimum absolute atomic E-state index is 0.124. The number of amides is 1. The van der Waals surface area contributed by atoms with Crippen molar-refractivity contribution in [1.29, 1.82) is 0 Å². The van der Waals surface area contributed by atoms with E-state index in [1.165, 1.54) is 11.4 Å². The number of hydrogen-bond acceptors (Lipinski definition) is 6. The van der Waals surface area contributed by atoms with Crippen LogP contribution < -0.4 is 10.0 Å². The third-order valence-corrected chi connectivity index (χ3v) is 6.70. The van der Waals surface area contributed by atoms with E-state index in [4.69, 9.17) is 11.6 Å². The van der Waals surface area contributed by atoms with E-state index in [0.717, 1.165) is 22.7 Å². The zero-order valence-electron chi connectivity index (χ0n) is 11.9. The second-order valence-corrected chi connectivity index (χ2v) is 8.69. The van der Waals surface area contributed by atoms with Crippen molar-refractivity contribution in [2.45, 2.75) is 4.21 Å². The number of carbonyl (C=O) groups is 1. The molecule has 0 saturated heterocycles. The van der Waals surface area contributed by atoms with E-state index in [1.54, 1.807) is 35.7 Å². The van der Waals surface area contributed by atoms with Gasteiger partial charge in [-0.05, 0) is 35.7 Å². The van der Waals surface area contributed by atoms with E-state index in [1.807, 2.05) is 0 Å². The summed E-state index contributed by atoms with van der Waals surface area (Å²) in [4.78, 5) is 16.1. The van der Waals surface area contributed by atoms with Crippen LogP contribution in [0.2, 0.25) is 5.02 Å². The van der Waals surface area contributed by atoms with Gasteiger partial charge in [0.1, 0.15) is 9.90 Å². The molecule has 2 aromatic heterocycles. The molecule has 24 heavy (non-hydrogen) atoms. The SMILES string of the molecule is O=C(Nc1ccc(Cl)cc1)c1csc(NS(=O)(=O)c2cccs2)n1. The number of rotatable bonds is 5. The molecule has 1 amide bonds. The maximum Gasteiger partial charge on any atom is 0.275 e. The molecule has 0 saturated carbocycles. The molecule has 0 aliphatic rings. The first-order valence-electron chi connectivity index (χ1n) is 6.53.